The number of aryl methyl sites for hydroxylation is 1. The number of rotatable bonds is 6. The first-order valence-electron chi connectivity index (χ1n) is 7.69. The van der Waals surface area contributed by atoms with Gasteiger partial charge in [-0.1, -0.05) is 12.1 Å². The van der Waals surface area contributed by atoms with E-state index in [1.807, 2.05) is 0 Å². The van der Waals surface area contributed by atoms with Crippen molar-refractivity contribution >= 4 is 5.97 Å². The zero-order valence-electron chi connectivity index (χ0n) is 14.6. The van der Waals surface area contributed by atoms with Gasteiger partial charge in [-0.05, 0) is 36.2 Å². The number of benzene rings is 2. The summed E-state index contributed by atoms with van der Waals surface area (Å²) in [6.45, 7) is 1.02. The van der Waals surface area contributed by atoms with E-state index in [1.165, 1.54) is 20.1 Å². The van der Waals surface area contributed by atoms with E-state index < -0.39 is 40.4 Å². The first kappa shape index (κ1) is 19.0. The van der Waals surface area contributed by atoms with Gasteiger partial charge in [0, 0.05) is 10.5 Å². The Bertz CT molecular complexity index is 830. The highest BCUT2D eigenvalue weighted by Gasteiger charge is 2.29. The molecule has 8 nitrogen and oxygen atoms in total. The molecular weight excluding hydrogens is 342 g/mol. The minimum absolute atomic E-state index is 0.155. The first-order valence-corrected chi connectivity index (χ1v) is 7.69. The normalized spacial score (nSPS) is 11.7. The summed E-state index contributed by atoms with van der Waals surface area (Å²) in [6, 6.07) is 8.01. The van der Waals surface area contributed by atoms with Crippen molar-refractivity contribution in [2.75, 3.05) is 20.8 Å². The first-order chi connectivity index (χ1) is 12.3. The van der Waals surface area contributed by atoms with Crippen molar-refractivity contribution in [3.8, 4) is 17.2 Å². The average Bonchev–Trinajstić information content (AvgIpc) is 2.63. The molecule has 0 spiro atoms. The number of aromatic hydroxyl groups is 2. The molecule has 0 aliphatic heterocycles. The molecule has 0 aliphatic rings. The van der Waals surface area contributed by atoms with Crippen LogP contribution in [0.1, 0.15) is 33.0 Å². The van der Waals surface area contributed by atoms with Crippen LogP contribution < -0.4 is 4.74 Å². The summed E-state index contributed by atoms with van der Waals surface area (Å²) in [5.41, 5.74) is 0.589. The number of nitro groups is 1. The third kappa shape index (κ3) is 3.69. The van der Waals surface area contributed by atoms with Gasteiger partial charge in [-0.2, -0.15) is 0 Å². The Labute approximate surface area is 149 Å². The Morgan fingerprint density at radius 1 is 1.19 bits per heavy atom. The maximum absolute atomic E-state index is 11.9. The van der Waals surface area contributed by atoms with E-state index in [9.17, 15) is 25.1 Å². The number of hydrogen-bond acceptors (Lipinski definition) is 7. The molecule has 0 saturated carbocycles. The van der Waals surface area contributed by atoms with E-state index in [0.29, 0.717) is 16.9 Å². The van der Waals surface area contributed by atoms with Crippen LogP contribution in [0.4, 0.5) is 0 Å². The third-order valence-electron chi connectivity index (χ3n) is 4.11. The highest BCUT2D eigenvalue weighted by atomic mass is 16.6. The third-order valence-corrected chi connectivity index (χ3v) is 4.11. The van der Waals surface area contributed by atoms with Crippen LogP contribution >= 0.6 is 0 Å². The SMILES string of the molecule is COC(=O)c1c(O)c(C)cc(C(C[N+](=O)[O-])c2ccc(OC)cc2)c1O. The van der Waals surface area contributed by atoms with Gasteiger partial charge < -0.3 is 19.7 Å². The zero-order chi connectivity index (χ0) is 19.4. The Hall–Kier alpha value is -3.29. The summed E-state index contributed by atoms with van der Waals surface area (Å²) < 4.78 is 9.68. The summed E-state index contributed by atoms with van der Waals surface area (Å²) in [5, 5.41) is 31.8. The van der Waals surface area contributed by atoms with Gasteiger partial charge in [-0.3, -0.25) is 10.1 Å². The fourth-order valence-electron chi connectivity index (χ4n) is 2.75. The molecule has 2 aromatic rings. The second kappa shape index (κ2) is 7.73. The highest BCUT2D eigenvalue weighted by molar-refractivity contribution is 5.96. The lowest BCUT2D eigenvalue weighted by atomic mass is 9.87. The van der Waals surface area contributed by atoms with Gasteiger partial charge in [-0.25, -0.2) is 4.79 Å². The maximum Gasteiger partial charge on any atom is 0.345 e. The van der Waals surface area contributed by atoms with Crippen molar-refractivity contribution in [3.63, 3.8) is 0 Å². The number of nitrogens with zero attached hydrogens (tertiary/aromatic N) is 1. The molecule has 26 heavy (non-hydrogen) atoms. The molecule has 138 valence electrons. The van der Waals surface area contributed by atoms with Gasteiger partial charge >= 0.3 is 5.97 Å². The zero-order valence-corrected chi connectivity index (χ0v) is 14.6. The molecule has 0 radical (unpaired) electrons. The number of esters is 1. The number of carbonyl (C=O) groups is 1. The van der Waals surface area contributed by atoms with Gasteiger partial charge in [0.25, 0.3) is 0 Å². The van der Waals surface area contributed by atoms with Gasteiger partial charge in [0.05, 0.1) is 20.1 Å². The molecule has 0 amide bonds. The standard InChI is InChI=1S/C18H19NO7/c1-10-8-13(17(21)15(16(10)20)18(22)26-3)14(9-19(23)24)11-4-6-12(25-2)7-5-11/h4-8,14,20-21H,9H2,1-3H3. The Morgan fingerprint density at radius 2 is 1.81 bits per heavy atom. The number of hydrogen-bond donors (Lipinski definition) is 2. The molecule has 2 N–H and O–H groups in total. The Balaban J connectivity index is 2.66. The molecule has 1 unspecified atom stereocenters. The van der Waals surface area contributed by atoms with Crippen molar-refractivity contribution in [2.45, 2.75) is 12.8 Å². The summed E-state index contributed by atoms with van der Waals surface area (Å²) in [6.07, 6.45) is 0. The molecule has 0 saturated heterocycles. The Morgan fingerprint density at radius 3 is 2.31 bits per heavy atom. The van der Waals surface area contributed by atoms with Crippen LogP contribution in [-0.4, -0.2) is 41.9 Å². The van der Waals surface area contributed by atoms with Gasteiger partial charge in [0.15, 0.2) is 0 Å². The van der Waals surface area contributed by atoms with E-state index in [2.05, 4.69) is 4.74 Å². The fraction of sp³-hybridized carbons (Fsp3) is 0.278. The number of carbonyl (C=O) groups excluding carboxylic acids is 1. The smallest absolute Gasteiger partial charge is 0.345 e. The van der Waals surface area contributed by atoms with Crippen LogP contribution in [0.3, 0.4) is 0 Å². The van der Waals surface area contributed by atoms with E-state index >= 15 is 0 Å². The maximum atomic E-state index is 11.9. The van der Waals surface area contributed by atoms with Crippen LogP contribution in [-0.2, 0) is 4.74 Å². The quantitative estimate of drug-likeness (QED) is 0.461. The van der Waals surface area contributed by atoms with Gasteiger partial charge in [-0.15, -0.1) is 0 Å². The molecule has 0 aliphatic carbocycles. The van der Waals surface area contributed by atoms with Crippen molar-refractivity contribution in [2.24, 2.45) is 0 Å². The number of ether oxygens (including phenoxy) is 2. The predicted octanol–water partition coefficient (Wildman–Crippen LogP) is 2.61. The van der Waals surface area contributed by atoms with Crippen molar-refractivity contribution < 1.29 is 29.4 Å². The molecule has 2 aromatic carbocycles. The molecule has 1 atom stereocenters. The monoisotopic (exact) mass is 361 g/mol. The lowest BCUT2D eigenvalue weighted by Crippen LogP contribution is -2.16. The molecule has 2 rings (SSSR count). The summed E-state index contributed by atoms with van der Waals surface area (Å²) in [7, 11) is 2.61. The summed E-state index contributed by atoms with van der Waals surface area (Å²) in [5.74, 6) is -2.15. The van der Waals surface area contributed by atoms with Crippen molar-refractivity contribution in [1.29, 1.82) is 0 Å². The van der Waals surface area contributed by atoms with Crippen LogP contribution in [0, 0.1) is 17.0 Å². The minimum Gasteiger partial charge on any atom is -0.507 e. The van der Waals surface area contributed by atoms with E-state index in [0.717, 1.165) is 7.11 Å². The topological polar surface area (TPSA) is 119 Å². The minimum atomic E-state index is -0.931. The molecule has 0 aromatic heterocycles. The molecule has 0 heterocycles. The summed E-state index contributed by atoms with van der Waals surface area (Å²) in [4.78, 5) is 22.6. The van der Waals surface area contributed by atoms with Crippen molar-refractivity contribution in [1.82, 2.24) is 0 Å². The molecule has 0 bridgehead atoms. The van der Waals surface area contributed by atoms with Crippen LogP contribution in [0.15, 0.2) is 30.3 Å². The van der Waals surface area contributed by atoms with E-state index in [1.54, 1.807) is 24.3 Å². The van der Waals surface area contributed by atoms with E-state index in [-0.39, 0.29) is 5.56 Å². The fourth-order valence-corrected chi connectivity index (χ4v) is 2.75. The lowest BCUT2D eigenvalue weighted by molar-refractivity contribution is -0.481. The Kier molecular flexibility index (Phi) is 5.66. The van der Waals surface area contributed by atoms with Crippen molar-refractivity contribution in [3.05, 3.63) is 62.7 Å². The number of methoxy groups -OCH3 is 2. The predicted molar refractivity (Wildman–Crippen MR) is 92.5 cm³/mol. The van der Waals surface area contributed by atoms with Crippen LogP contribution in [0.5, 0.6) is 17.2 Å². The molecule has 0 fully saturated rings. The molecular formula is C18H19NO7. The van der Waals surface area contributed by atoms with Gasteiger partial charge in [0.2, 0.25) is 6.54 Å². The second-order valence-corrected chi connectivity index (χ2v) is 5.69. The van der Waals surface area contributed by atoms with Crippen LogP contribution in [0.2, 0.25) is 0 Å². The lowest BCUT2D eigenvalue weighted by Gasteiger charge is -2.19. The number of phenols is 2. The second-order valence-electron chi connectivity index (χ2n) is 5.69. The largest absolute Gasteiger partial charge is 0.507 e. The highest BCUT2D eigenvalue weighted by Crippen LogP contribution is 2.40. The summed E-state index contributed by atoms with van der Waals surface area (Å²) >= 11 is 0. The van der Waals surface area contributed by atoms with Gasteiger partial charge in [0.1, 0.15) is 22.8 Å². The molecule has 8 heteroatoms. The average molecular weight is 361 g/mol. The number of phenolic OH excluding ortho intramolecular Hbond substituents is 2. The van der Waals surface area contributed by atoms with E-state index in [4.69, 9.17) is 4.74 Å². The van der Waals surface area contributed by atoms with Crippen LogP contribution in [0.25, 0.3) is 0 Å².